The number of aromatic nitrogens is 2. The molecular weight excluding hydrogens is 274 g/mol. The number of piperazine rings is 1. The monoisotopic (exact) mass is 297 g/mol. The summed E-state index contributed by atoms with van der Waals surface area (Å²) in [6, 6.07) is 12.4. The van der Waals surface area contributed by atoms with Crippen molar-refractivity contribution in [2.45, 2.75) is 13.0 Å². The topological polar surface area (TPSA) is 44.3 Å². The molecule has 116 valence electrons. The van der Waals surface area contributed by atoms with Crippen molar-refractivity contribution in [3.63, 3.8) is 0 Å². The molecule has 0 aliphatic carbocycles. The minimum atomic E-state index is 0.385. The molecule has 5 heteroatoms. The first-order chi connectivity index (χ1) is 10.8. The molecule has 22 heavy (non-hydrogen) atoms. The van der Waals surface area contributed by atoms with E-state index in [2.05, 4.69) is 38.1 Å². The van der Waals surface area contributed by atoms with E-state index in [0.29, 0.717) is 6.04 Å². The Balaban J connectivity index is 1.46. The minimum absolute atomic E-state index is 0.385. The maximum Gasteiger partial charge on any atom is 0.128 e. The highest BCUT2D eigenvalue weighted by atomic mass is 15.3. The lowest BCUT2D eigenvalue weighted by molar-refractivity contribution is 0.250. The molecule has 0 spiro atoms. The van der Waals surface area contributed by atoms with Crippen molar-refractivity contribution in [3.05, 3.63) is 48.8 Å². The van der Waals surface area contributed by atoms with E-state index in [0.717, 1.165) is 44.4 Å². The van der Waals surface area contributed by atoms with E-state index in [-0.39, 0.29) is 0 Å². The predicted molar refractivity (Wildman–Crippen MR) is 90.2 cm³/mol. The molecule has 5 nitrogen and oxygen atoms in total. The molecule has 1 aliphatic heterocycles. The second kappa shape index (κ2) is 7.22. The summed E-state index contributed by atoms with van der Waals surface area (Å²) in [4.78, 5) is 13.6. The van der Waals surface area contributed by atoms with Crippen LogP contribution in [-0.4, -0.2) is 53.6 Å². The summed E-state index contributed by atoms with van der Waals surface area (Å²) in [5.41, 5.74) is 0. The fraction of sp³-hybridized carbons (Fsp3) is 0.412. The Kier molecular flexibility index (Phi) is 4.85. The van der Waals surface area contributed by atoms with Crippen LogP contribution in [0.25, 0.3) is 0 Å². The average molecular weight is 297 g/mol. The lowest BCUT2D eigenvalue weighted by Crippen LogP contribution is -2.49. The van der Waals surface area contributed by atoms with E-state index in [1.54, 1.807) is 0 Å². The normalized spacial score (nSPS) is 17.2. The smallest absolute Gasteiger partial charge is 0.128 e. The van der Waals surface area contributed by atoms with Crippen molar-refractivity contribution in [1.29, 1.82) is 0 Å². The Labute approximate surface area is 132 Å². The van der Waals surface area contributed by atoms with Crippen LogP contribution in [0.4, 0.5) is 11.6 Å². The first-order valence-corrected chi connectivity index (χ1v) is 7.87. The molecule has 1 unspecified atom stereocenters. The van der Waals surface area contributed by atoms with Gasteiger partial charge in [-0.3, -0.25) is 4.90 Å². The first kappa shape index (κ1) is 14.8. The fourth-order valence-electron chi connectivity index (χ4n) is 2.83. The van der Waals surface area contributed by atoms with Crippen molar-refractivity contribution in [3.8, 4) is 0 Å². The van der Waals surface area contributed by atoms with Crippen LogP contribution < -0.4 is 10.2 Å². The molecule has 2 aromatic heterocycles. The van der Waals surface area contributed by atoms with Gasteiger partial charge in [-0.25, -0.2) is 9.97 Å². The molecule has 1 saturated heterocycles. The second-order valence-electron chi connectivity index (χ2n) is 5.74. The van der Waals surface area contributed by atoms with Crippen LogP contribution in [0.2, 0.25) is 0 Å². The van der Waals surface area contributed by atoms with Gasteiger partial charge in [0.05, 0.1) is 0 Å². The number of nitrogens with one attached hydrogen (secondary N) is 1. The van der Waals surface area contributed by atoms with Gasteiger partial charge in [0.2, 0.25) is 0 Å². The SMILES string of the molecule is CC(CN1CCN(c2ccccn2)CC1)Nc1ccccn1. The Morgan fingerprint density at radius 2 is 1.73 bits per heavy atom. The van der Waals surface area contributed by atoms with Gasteiger partial charge in [-0.2, -0.15) is 0 Å². The molecule has 3 rings (SSSR count). The van der Waals surface area contributed by atoms with Crippen molar-refractivity contribution in [2.24, 2.45) is 0 Å². The molecule has 0 saturated carbocycles. The highest BCUT2D eigenvalue weighted by Gasteiger charge is 2.19. The Hall–Kier alpha value is -2.14. The fourth-order valence-corrected chi connectivity index (χ4v) is 2.83. The summed E-state index contributed by atoms with van der Waals surface area (Å²) in [7, 11) is 0. The van der Waals surface area contributed by atoms with Gasteiger partial charge in [-0.1, -0.05) is 12.1 Å². The van der Waals surface area contributed by atoms with Gasteiger partial charge < -0.3 is 10.2 Å². The molecule has 1 atom stereocenters. The van der Waals surface area contributed by atoms with Crippen LogP contribution in [-0.2, 0) is 0 Å². The van der Waals surface area contributed by atoms with Gasteiger partial charge in [-0.05, 0) is 31.2 Å². The third-order valence-electron chi connectivity index (χ3n) is 3.94. The van der Waals surface area contributed by atoms with E-state index in [1.165, 1.54) is 0 Å². The molecule has 1 N–H and O–H groups in total. The van der Waals surface area contributed by atoms with E-state index >= 15 is 0 Å². The van der Waals surface area contributed by atoms with Crippen molar-refractivity contribution < 1.29 is 0 Å². The summed E-state index contributed by atoms with van der Waals surface area (Å²) < 4.78 is 0. The molecule has 0 bridgehead atoms. The predicted octanol–water partition coefficient (Wildman–Crippen LogP) is 2.10. The van der Waals surface area contributed by atoms with E-state index in [9.17, 15) is 0 Å². The number of anilines is 2. The van der Waals surface area contributed by atoms with Gasteiger partial charge in [0.25, 0.3) is 0 Å². The summed E-state index contributed by atoms with van der Waals surface area (Å²) in [6.45, 7) is 7.46. The number of hydrogen-bond donors (Lipinski definition) is 1. The van der Waals surface area contributed by atoms with E-state index < -0.39 is 0 Å². The Morgan fingerprint density at radius 1 is 1.00 bits per heavy atom. The molecule has 1 aliphatic rings. The number of hydrogen-bond acceptors (Lipinski definition) is 5. The van der Waals surface area contributed by atoms with Crippen LogP contribution in [0.1, 0.15) is 6.92 Å². The van der Waals surface area contributed by atoms with E-state index in [4.69, 9.17) is 0 Å². The second-order valence-corrected chi connectivity index (χ2v) is 5.74. The van der Waals surface area contributed by atoms with Crippen molar-refractivity contribution in [2.75, 3.05) is 42.9 Å². The number of nitrogens with zero attached hydrogens (tertiary/aromatic N) is 4. The summed E-state index contributed by atoms with van der Waals surface area (Å²) >= 11 is 0. The highest BCUT2D eigenvalue weighted by Crippen LogP contribution is 2.13. The zero-order chi connectivity index (χ0) is 15.2. The maximum atomic E-state index is 4.43. The Bertz CT molecular complexity index is 552. The van der Waals surface area contributed by atoms with E-state index in [1.807, 2.05) is 42.7 Å². The zero-order valence-corrected chi connectivity index (χ0v) is 13.0. The van der Waals surface area contributed by atoms with Crippen LogP contribution in [0.3, 0.4) is 0 Å². The quantitative estimate of drug-likeness (QED) is 0.915. The molecular formula is C17H23N5. The minimum Gasteiger partial charge on any atom is -0.366 e. The molecule has 3 heterocycles. The van der Waals surface area contributed by atoms with Crippen molar-refractivity contribution >= 4 is 11.6 Å². The van der Waals surface area contributed by atoms with Crippen LogP contribution in [0.15, 0.2) is 48.8 Å². The van der Waals surface area contributed by atoms with Crippen LogP contribution in [0.5, 0.6) is 0 Å². The van der Waals surface area contributed by atoms with Gasteiger partial charge in [0, 0.05) is 51.2 Å². The zero-order valence-electron chi connectivity index (χ0n) is 13.0. The lowest BCUT2D eigenvalue weighted by Gasteiger charge is -2.36. The summed E-state index contributed by atoms with van der Waals surface area (Å²) in [5, 5.41) is 3.45. The number of pyridine rings is 2. The third-order valence-corrected chi connectivity index (χ3v) is 3.94. The average Bonchev–Trinajstić information content (AvgIpc) is 2.57. The first-order valence-electron chi connectivity index (χ1n) is 7.87. The highest BCUT2D eigenvalue weighted by molar-refractivity contribution is 5.38. The summed E-state index contributed by atoms with van der Waals surface area (Å²) in [6.07, 6.45) is 3.68. The maximum absolute atomic E-state index is 4.43. The van der Waals surface area contributed by atoms with Crippen molar-refractivity contribution in [1.82, 2.24) is 14.9 Å². The summed E-state index contributed by atoms with van der Waals surface area (Å²) in [5.74, 6) is 2.03. The molecule has 0 aromatic carbocycles. The lowest BCUT2D eigenvalue weighted by atomic mass is 10.2. The standard InChI is InChI=1S/C17H23N5/c1-15(20-16-6-2-4-8-18-16)14-21-10-12-22(13-11-21)17-7-3-5-9-19-17/h2-9,15H,10-14H2,1H3,(H,18,20). The largest absolute Gasteiger partial charge is 0.366 e. The molecule has 0 amide bonds. The Morgan fingerprint density at radius 3 is 2.36 bits per heavy atom. The number of rotatable bonds is 5. The molecule has 2 aromatic rings. The van der Waals surface area contributed by atoms with Gasteiger partial charge in [-0.15, -0.1) is 0 Å². The molecule has 1 fully saturated rings. The van der Waals surface area contributed by atoms with Crippen LogP contribution >= 0.6 is 0 Å². The van der Waals surface area contributed by atoms with Crippen LogP contribution in [0, 0.1) is 0 Å². The van der Waals surface area contributed by atoms with Gasteiger partial charge >= 0.3 is 0 Å². The van der Waals surface area contributed by atoms with Gasteiger partial charge in [0.1, 0.15) is 11.6 Å². The van der Waals surface area contributed by atoms with Gasteiger partial charge in [0.15, 0.2) is 0 Å². The molecule has 0 radical (unpaired) electrons. The third kappa shape index (κ3) is 3.95.